The summed E-state index contributed by atoms with van der Waals surface area (Å²) >= 11 is 0. The number of hydrogen-bond acceptors (Lipinski definition) is 2. The Labute approximate surface area is 100 Å². The van der Waals surface area contributed by atoms with Crippen molar-refractivity contribution in [2.75, 3.05) is 0 Å². The normalized spacial score (nSPS) is 14.8. The Bertz CT molecular complexity index is 176. The Hall–Kier alpha value is -0.370. The predicted octanol–water partition coefficient (Wildman–Crippen LogP) is 3.71. The molecule has 96 valence electrons. The van der Waals surface area contributed by atoms with Crippen LogP contribution in [0.5, 0.6) is 0 Å². The molecular formula is C14H28O2. The lowest BCUT2D eigenvalue weighted by molar-refractivity contribution is -0.124. The maximum Gasteiger partial charge on any atom is 0.135 e. The van der Waals surface area contributed by atoms with Gasteiger partial charge >= 0.3 is 0 Å². The Morgan fingerprint density at radius 3 is 2.00 bits per heavy atom. The van der Waals surface area contributed by atoms with E-state index in [1.54, 1.807) is 13.8 Å². The van der Waals surface area contributed by atoms with Crippen LogP contribution in [-0.2, 0) is 4.79 Å². The van der Waals surface area contributed by atoms with Gasteiger partial charge in [-0.1, -0.05) is 51.9 Å². The summed E-state index contributed by atoms with van der Waals surface area (Å²) in [6.45, 7) is 5.52. The number of aliphatic hydroxyl groups excluding tert-OH is 1. The molecule has 0 rings (SSSR count). The SMILES string of the molecule is CCCCCCCCCC(C(C)=O)C(C)O. The van der Waals surface area contributed by atoms with E-state index in [9.17, 15) is 9.90 Å². The van der Waals surface area contributed by atoms with E-state index in [1.807, 2.05) is 0 Å². The second-order valence-electron chi connectivity index (χ2n) is 4.87. The van der Waals surface area contributed by atoms with Crippen LogP contribution in [0.4, 0.5) is 0 Å². The zero-order valence-corrected chi connectivity index (χ0v) is 11.2. The molecule has 0 bridgehead atoms. The van der Waals surface area contributed by atoms with E-state index in [4.69, 9.17) is 0 Å². The van der Waals surface area contributed by atoms with Gasteiger partial charge in [0.2, 0.25) is 0 Å². The van der Waals surface area contributed by atoms with Gasteiger partial charge in [-0.05, 0) is 20.3 Å². The standard InChI is InChI=1S/C14H28O2/c1-4-5-6-7-8-9-10-11-14(12(2)15)13(3)16/h12,14-15H,4-11H2,1-3H3. The molecule has 0 saturated heterocycles. The average Bonchev–Trinajstić information content (AvgIpc) is 2.21. The number of carbonyl (C=O) groups excluding carboxylic acids is 1. The van der Waals surface area contributed by atoms with Crippen molar-refractivity contribution in [3.63, 3.8) is 0 Å². The van der Waals surface area contributed by atoms with Gasteiger partial charge < -0.3 is 5.11 Å². The van der Waals surface area contributed by atoms with Gasteiger partial charge in [0.1, 0.15) is 5.78 Å². The molecule has 0 aromatic rings. The number of ketones is 1. The molecule has 0 aliphatic carbocycles. The van der Waals surface area contributed by atoms with E-state index in [2.05, 4.69) is 6.92 Å². The van der Waals surface area contributed by atoms with Gasteiger partial charge in [0.05, 0.1) is 6.10 Å². The lowest BCUT2D eigenvalue weighted by atomic mass is 9.92. The molecule has 0 aliphatic heterocycles. The Morgan fingerprint density at radius 2 is 1.56 bits per heavy atom. The van der Waals surface area contributed by atoms with E-state index in [0.29, 0.717) is 0 Å². The molecule has 2 unspecified atom stereocenters. The third kappa shape index (κ3) is 7.86. The van der Waals surface area contributed by atoms with Crippen LogP contribution in [0.3, 0.4) is 0 Å². The second kappa shape index (κ2) is 9.83. The van der Waals surface area contributed by atoms with Crippen LogP contribution in [-0.4, -0.2) is 17.0 Å². The zero-order valence-electron chi connectivity index (χ0n) is 11.2. The summed E-state index contributed by atoms with van der Waals surface area (Å²) in [6, 6.07) is 0. The summed E-state index contributed by atoms with van der Waals surface area (Å²) in [4.78, 5) is 11.2. The van der Waals surface area contributed by atoms with Crippen LogP contribution in [0.25, 0.3) is 0 Å². The van der Waals surface area contributed by atoms with Crippen molar-refractivity contribution in [2.45, 2.75) is 78.2 Å². The molecule has 2 heteroatoms. The van der Waals surface area contributed by atoms with E-state index in [-0.39, 0.29) is 11.7 Å². The van der Waals surface area contributed by atoms with Gasteiger partial charge in [0.25, 0.3) is 0 Å². The Balaban J connectivity index is 3.45. The molecule has 0 aliphatic rings. The van der Waals surface area contributed by atoms with Crippen LogP contribution in [0.2, 0.25) is 0 Å². The molecule has 0 aromatic heterocycles. The summed E-state index contributed by atoms with van der Waals surface area (Å²) in [7, 11) is 0. The zero-order chi connectivity index (χ0) is 12.4. The predicted molar refractivity (Wildman–Crippen MR) is 68.5 cm³/mol. The van der Waals surface area contributed by atoms with Crippen molar-refractivity contribution < 1.29 is 9.90 Å². The van der Waals surface area contributed by atoms with Gasteiger partial charge in [-0.3, -0.25) is 4.79 Å². The van der Waals surface area contributed by atoms with Gasteiger partial charge in [-0.2, -0.15) is 0 Å². The van der Waals surface area contributed by atoms with Crippen molar-refractivity contribution in [1.29, 1.82) is 0 Å². The summed E-state index contributed by atoms with van der Waals surface area (Å²) < 4.78 is 0. The molecule has 1 N–H and O–H groups in total. The van der Waals surface area contributed by atoms with Crippen molar-refractivity contribution in [2.24, 2.45) is 5.92 Å². The number of unbranched alkanes of at least 4 members (excludes halogenated alkanes) is 6. The lowest BCUT2D eigenvalue weighted by Crippen LogP contribution is -2.23. The summed E-state index contributed by atoms with van der Waals surface area (Å²) in [5.41, 5.74) is 0. The minimum absolute atomic E-state index is 0.126. The van der Waals surface area contributed by atoms with Gasteiger partial charge in [-0.25, -0.2) is 0 Å². The quantitative estimate of drug-likeness (QED) is 0.579. The fraction of sp³-hybridized carbons (Fsp3) is 0.929. The summed E-state index contributed by atoms with van der Waals surface area (Å²) in [6.07, 6.45) is 9.17. The smallest absolute Gasteiger partial charge is 0.135 e. The van der Waals surface area contributed by atoms with Crippen molar-refractivity contribution in [1.82, 2.24) is 0 Å². The number of hydrogen-bond donors (Lipinski definition) is 1. The van der Waals surface area contributed by atoms with Crippen LogP contribution in [0, 0.1) is 5.92 Å². The lowest BCUT2D eigenvalue weighted by Gasteiger charge is -2.16. The molecule has 2 nitrogen and oxygen atoms in total. The topological polar surface area (TPSA) is 37.3 Å². The first-order valence-electron chi connectivity index (χ1n) is 6.78. The molecule has 0 aromatic carbocycles. The van der Waals surface area contributed by atoms with E-state index < -0.39 is 6.10 Å². The fourth-order valence-corrected chi connectivity index (χ4v) is 2.11. The van der Waals surface area contributed by atoms with E-state index in [0.717, 1.165) is 12.8 Å². The highest BCUT2D eigenvalue weighted by molar-refractivity contribution is 5.78. The van der Waals surface area contributed by atoms with Crippen LogP contribution in [0.15, 0.2) is 0 Å². The average molecular weight is 228 g/mol. The van der Waals surface area contributed by atoms with Crippen LogP contribution >= 0.6 is 0 Å². The van der Waals surface area contributed by atoms with Crippen LogP contribution < -0.4 is 0 Å². The molecule has 16 heavy (non-hydrogen) atoms. The highest BCUT2D eigenvalue weighted by Gasteiger charge is 2.18. The van der Waals surface area contributed by atoms with Crippen LogP contribution in [0.1, 0.15) is 72.1 Å². The molecule has 0 radical (unpaired) electrons. The minimum atomic E-state index is -0.488. The second-order valence-corrected chi connectivity index (χ2v) is 4.87. The third-order valence-corrected chi connectivity index (χ3v) is 3.22. The molecule has 2 atom stereocenters. The molecule has 0 amide bonds. The first kappa shape index (κ1) is 15.6. The Morgan fingerprint density at radius 1 is 1.06 bits per heavy atom. The monoisotopic (exact) mass is 228 g/mol. The number of rotatable bonds is 10. The van der Waals surface area contributed by atoms with Crippen molar-refractivity contribution >= 4 is 5.78 Å². The van der Waals surface area contributed by atoms with Crippen molar-refractivity contribution in [3.8, 4) is 0 Å². The first-order chi connectivity index (χ1) is 7.59. The van der Waals surface area contributed by atoms with E-state index >= 15 is 0 Å². The molecular weight excluding hydrogens is 200 g/mol. The van der Waals surface area contributed by atoms with Gasteiger partial charge in [0.15, 0.2) is 0 Å². The highest BCUT2D eigenvalue weighted by atomic mass is 16.3. The number of Topliss-reactive ketones (excluding diaryl/α,β-unsaturated/α-hetero) is 1. The maximum absolute atomic E-state index is 11.2. The Kier molecular flexibility index (Phi) is 9.60. The number of carbonyl (C=O) groups is 1. The van der Waals surface area contributed by atoms with E-state index in [1.165, 1.54) is 38.5 Å². The van der Waals surface area contributed by atoms with Crippen molar-refractivity contribution in [3.05, 3.63) is 0 Å². The largest absolute Gasteiger partial charge is 0.393 e. The molecule has 0 fully saturated rings. The fourth-order valence-electron chi connectivity index (χ4n) is 2.11. The third-order valence-electron chi connectivity index (χ3n) is 3.22. The summed E-state index contributed by atoms with van der Waals surface area (Å²) in [5, 5.41) is 9.43. The summed E-state index contributed by atoms with van der Waals surface area (Å²) in [5.74, 6) is -0.0170. The highest BCUT2D eigenvalue weighted by Crippen LogP contribution is 2.16. The van der Waals surface area contributed by atoms with Gasteiger partial charge in [0, 0.05) is 5.92 Å². The number of aliphatic hydroxyl groups is 1. The molecule has 0 saturated carbocycles. The maximum atomic E-state index is 11.2. The first-order valence-corrected chi connectivity index (χ1v) is 6.78. The van der Waals surface area contributed by atoms with Gasteiger partial charge in [-0.15, -0.1) is 0 Å². The molecule has 0 spiro atoms. The molecule has 0 heterocycles. The minimum Gasteiger partial charge on any atom is -0.393 e.